The number of anilines is 2. The van der Waals surface area contributed by atoms with Crippen molar-refractivity contribution in [1.82, 2.24) is 0 Å². The lowest BCUT2D eigenvalue weighted by molar-refractivity contribution is -0.117. The molecule has 1 fully saturated rings. The van der Waals surface area contributed by atoms with Crippen LogP contribution < -0.4 is 10.6 Å². The number of hydrogen-bond acceptors (Lipinski definition) is 3. The first kappa shape index (κ1) is 18.6. The third-order valence-electron chi connectivity index (χ3n) is 4.57. The lowest BCUT2D eigenvalue weighted by atomic mass is 10.1. The first-order valence-electron chi connectivity index (χ1n) is 8.96. The Morgan fingerprint density at radius 1 is 1.04 bits per heavy atom. The maximum Gasteiger partial charge on any atom is 0.335 e. The molecule has 0 saturated heterocycles. The second-order valence-corrected chi connectivity index (χ2v) is 6.84. The lowest BCUT2D eigenvalue weighted by Gasteiger charge is -2.12. The van der Waals surface area contributed by atoms with Gasteiger partial charge < -0.3 is 15.7 Å². The maximum absolute atomic E-state index is 12.3. The number of benzene rings is 2. The number of nitrogens with one attached hydrogen (secondary N) is 2. The van der Waals surface area contributed by atoms with Crippen LogP contribution in [0.1, 0.15) is 40.7 Å². The van der Waals surface area contributed by atoms with E-state index in [1.54, 1.807) is 18.2 Å². The Morgan fingerprint density at radius 2 is 1.74 bits per heavy atom. The van der Waals surface area contributed by atoms with Crippen molar-refractivity contribution >= 4 is 29.2 Å². The highest BCUT2D eigenvalue weighted by Crippen LogP contribution is 2.30. The molecule has 0 aromatic heterocycles. The molecule has 3 N–H and O–H groups in total. The van der Waals surface area contributed by atoms with Crippen molar-refractivity contribution in [2.75, 3.05) is 10.6 Å². The quantitative estimate of drug-likeness (QED) is 0.697. The van der Waals surface area contributed by atoms with E-state index in [0.717, 1.165) is 24.0 Å². The Balaban J connectivity index is 1.56. The number of aromatic carboxylic acids is 1. The highest BCUT2D eigenvalue weighted by atomic mass is 16.4. The molecule has 0 bridgehead atoms. The standard InChI is InChI=1S/C21H22N2O4/c1-13-2-10-17(22-20(25)15-8-9-15)12-18(13)23-19(24)11-5-14-3-6-16(7-4-14)21(26)27/h2-4,6-7,10,12,15H,5,8-9,11H2,1H3,(H,22,25)(H,23,24)(H,26,27). The topological polar surface area (TPSA) is 95.5 Å². The summed E-state index contributed by atoms with van der Waals surface area (Å²) in [5.41, 5.74) is 3.40. The van der Waals surface area contributed by atoms with Gasteiger partial charge in [0.25, 0.3) is 0 Å². The average molecular weight is 366 g/mol. The summed E-state index contributed by atoms with van der Waals surface area (Å²) in [5, 5.41) is 14.7. The summed E-state index contributed by atoms with van der Waals surface area (Å²) in [4.78, 5) is 35.0. The van der Waals surface area contributed by atoms with Crippen LogP contribution in [0.5, 0.6) is 0 Å². The largest absolute Gasteiger partial charge is 0.478 e. The summed E-state index contributed by atoms with van der Waals surface area (Å²) in [6.45, 7) is 1.90. The van der Waals surface area contributed by atoms with E-state index < -0.39 is 5.97 Å². The fourth-order valence-electron chi connectivity index (χ4n) is 2.71. The Labute approximate surface area is 157 Å². The fraction of sp³-hybridized carbons (Fsp3) is 0.286. The zero-order valence-electron chi connectivity index (χ0n) is 15.1. The molecule has 140 valence electrons. The van der Waals surface area contributed by atoms with Gasteiger partial charge in [-0.1, -0.05) is 18.2 Å². The molecule has 0 aliphatic heterocycles. The van der Waals surface area contributed by atoms with Crippen molar-refractivity contribution < 1.29 is 19.5 Å². The van der Waals surface area contributed by atoms with Crippen molar-refractivity contribution in [3.63, 3.8) is 0 Å². The normalized spacial score (nSPS) is 13.1. The van der Waals surface area contributed by atoms with E-state index in [1.807, 2.05) is 19.1 Å². The molecule has 27 heavy (non-hydrogen) atoms. The number of carbonyl (C=O) groups excluding carboxylic acids is 2. The summed E-state index contributed by atoms with van der Waals surface area (Å²) in [7, 11) is 0. The van der Waals surface area contributed by atoms with Gasteiger partial charge in [0.2, 0.25) is 11.8 Å². The predicted octanol–water partition coefficient (Wildman–Crippen LogP) is 3.61. The van der Waals surface area contributed by atoms with Gasteiger partial charge in [-0.05, 0) is 61.6 Å². The molecular formula is C21H22N2O4. The summed E-state index contributed by atoms with van der Waals surface area (Å²) in [5.74, 6) is -0.952. The smallest absolute Gasteiger partial charge is 0.335 e. The first-order valence-corrected chi connectivity index (χ1v) is 8.96. The minimum Gasteiger partial charge on any atom is -0.478 e. The van der Waals surface area contributed by atoms with Gasteiger partial charge in [0.15, 0.2) is 0 Å². The van der Waals surface area contributed by atoms with E-state index in [-0.39, 0.29) is 29.7 Å². The monoisotopic (exact) mass is 366 g/mol. The molecular weight excluding hydrogens is 344 g/mol. The molecule has 0 atom stereocenters. The van der Waals surface area contributed by atoms with Crippen LogP contribution in [-0.2, 0) is 16.0 Å². The van der Waals surface area contributed by atoms with Crippen LogP contribution in [-0.4, -0.2) is 22.9 Å². The molecule has 2 amide bonds. The van der Waals surface area contributed by atoms with Crippen LogP contribution in [0.3, 0.4) is 0 Å². The van der Waals surface area contributed by atoms with Gasteiger partial charge in [-0.15, -0.1) is 0 Å². The molecule has 1 aliphatic rings. The van der Waals surface area contributed by atoms with E-state index in [9.17, 15) is 14.4 Å². The second kappa shape index (κ2) is 8.03. The summed E-state index contributed by atoms with van der Waals surface area (Å²) >= 11 is 0. The molecule has 3 rings (SSSR count). The van der Waals surface area contributed by atoms with Gasteiger partial charge in [-0.3, -0.25) is 9.59 Å². The molecule has 1 saturated carbocycles. The van der Waals surface area contributed by atoms with Crippen LogP contribution in [0.4, 0.5) is 11.4 Å². The van der Waals surface area contributed by atoms with E-state index in [1.165, 1.54) is 12.1 Å². The van der Waals surface area contributed by atoms with E-state index in [0.29, 0.717) is 17.8 Å². The van der Waals surface area contributed by atoms with Crippen LogP contribution in [0.25, 0.3) is 0 Å². The summed E-state index contributed by atoms with van der Waals surface area (Å²) in [6, 6.07) is 12.0. The predicted molar refractivity (Wildman–Crippen MR) is 103 cm³/mol. The number of amides is 2. The van der Waals surface area contributed by atoms with Crippen LogP contribution in [0.2, 0.25) is 0 Å². The zero-order valence-corrected chi connectivity index (χ0v) is 15.1. The van der Waals surface area contributed by atoms with Crippen molar-refractivity contribution in [2.45, 2.75) is 32.6 Å². The molecule has 1 aliphatic carbocycles. The Bertz CT molecular complexity index is 870. The van der Waals surface area contributed by atoms with Gasteiger partial charge in [0.05, 0.1) is 5.56 Å². The number of rotatable bonds is 7. The maximum atomic E-state index is 12.3. The number of carbonyl (C=O) groups is 3. The molecule has 2 aromatic carbocycles. The number of aryl methyl sites for hydroxylation is 2. The van der Waals surface area contributed by atoms with Gasteiger partial charge in [0.1, 0.15) is 0 Å². The molecule has 6 nitrogen and oxygen atoms in total. The molecule has 0 spiro atoms. The number of hydrogen-bond donors (Lipinski definition) is 3. The summed E-state index contributed by atoms with van der Waals surface area (Å²) in [6.07, 6.45) is 2.68. The molecule has 0 radical (unpaired) electrons. The van der Waals surface area contributed by atoms with E-state index in [4.69, 9.17) is 5.11 Å². The Kier molecular flexibility index (Phi) is 5.54. The minimum absolute atomic E-state index is 0.0286. The van der Waals surface area contributed by atoms with Gasteiger partial charge in [-0.2, -0.15) is 0 Å². The van der Waals surface area contributed by atoms with E-state index in [2.05, 4.69) is 10.6 Å². The van der Waals surface area contributed by atoms with Crippen LogP contribution in [0.15, 0.2) is 42.5 Å². The van der Waals surface area contributed by atoms with Crippen molar-refractivity contribution in [3.05, 3.63) is 59.2 Å². The number of carboxylic acids is 1. The highest BCUT2D eigenvalue weighted by Gasteiger charge is 2.29. The first-order chi connectivity index (χ1) is 12.9. The Hall–Kier alpha value is -3.15. The van der Waals surface area contributed by atoms with Crippen molar-refractivity contribution in [2.24, 2.45) is 5.92 Å². The second-order valence-electron chi connectivity index (χ2n) is 6.84. The lowest BCUT2D eigenvalue weighted by Crippen LogP contribution is -2.15. The molecule has 0 unspecified atom stereocenters. The molecule has 0 heterocycles. The van der Waals surface area contributed by atoms with Crippen molar-refractivity contribution in [1.29, 1.82) is 0 Å². The van der Waals surface area contributed by atoms with E-state index >= 15 is 0 Å². The zero-order chi connectivity index (χ0) is 19.4. The highest BCUT2D eigenvalue weighted by molar-refractivity contribution is 5.96. The van der Waals surface area contributed by atoms with Gasteiger partial charge in [0, 0.05) is 23.7 Å². The van der Waals surface area contributed by atoms with Crippen LogP contribution >= 0.6 is 0 Å². The minimum atomic E-state index is -0.969. The Morgan fingerprint density at radius 3 is 2.37 bits per heavy atom. The fourth-order valence-corrected chi connectivity index (χ4v) is 2.71. The average Bonchev–Trinajstić information content (AvgIpc) is 3.48. The summed E-state index contributed by atoms with van der Waals surface area (Å²) < 4.78 is 0. The van der Waals surface area contributed by atoms with Crippen molar-refractivity contribution in [3.8, 4) is 0 Å². The van der Waals surface area contributed by atoms with Gasteiger partial charge >= 0.3 is 5.97 Å². The third-order valence-corrected chi connectivity index (χ3v) is 4.57. The molecule has 2 aromatic rings. The third kappa shape index (κ3) is 5.17. The van der Waals surface area contributed by atoms with Gasteiger partial charge in [-0.25, -0.2) is 4.79 Å². The van der Waals surface area contributed by atoms with Crippen LogP contribution in [0, 0.1) is 12.8 Å². The SMILES string of the molecule is Cc1ccc(NC(=O)C2CC2)cc1NC(=O)CCc1ccc(C(=O)O)cc1. The number of carboxylic acid groups (broad SMARTS) is 1. The molecule has 6 heteroatoms.